The predicted octanol–water partition coefficient (Wildman–Crippen LogP) is 11.2. The average Bonchev–Trinajstić information content (AvgIpc) is 3.26. The normalized spacial score (nSPS) is 11.4. The molecule has 8 aromatic rings. The Hall–Kier alpha value is -6.66. The summed E-state index contributed by atoms with van der Waals surface area (Å²) in [5.41, 5.74) is 11.4. The van der Waals surface area contributed by atoms with Crippen molar-refractivity contribution in [3.63, 3.8) is 0 Å². The average molecular weight is 687 g/mol. The third-order valence-electron chi connectivity index (χ3n) is 10.1. The minimum absolute atomic E-state index is 0.170. The highest BCUT2D eigenvalue weighted by Crippen LogP contribution is 2.40. The summed E-state index contributed by atoms with van der Waals surface area (Å²) >= 11 is 0. The monoisotopic (exact) mass is 686 g/mol. The molecule has 0 fully saturated rings. The maximum atomic E-state index is 4.99. The van der Waals surface area contributed by atoms with Crippen LogP contribution in [0.2, 0.25) is 0 Å². The molecule has 6 nitrogen and oxygen atoms in total. The van der Waals surface area contributed by atoms with Crippen molar-refractivity contribution >= 4 is 0 Å². The summed E-state index contributed by atoms with van der Waals surface area (Å²) in [6.45, 7) is 4.55. The van der Waals surface area contributed by atoms with E-state index < -0.39 is 0 Å². The molecule has 4 aromatic carbocycles. The van der Waals surface area contributed by atoms with Gasteiger partial charge in [-0.15, -0.1) is 0 Å². The van der Waals surface area contributed by atoms with Crippen LogP contribution in [-0.2, 0) is 5.41 Å². The standard InChI is InChI=1S/C47H38N6/c1-3-47(4-2,37-25-21-35(22-26-37)43-31-41(33-15-7-5-8-16-33)50-45(52-43)39-19-11-13-29-48-39)38-27-23-36(24-28-38)44-32-42(34-17-9-6-10-18-34)51-46(53-44)40-20-12-14-30-49-40/h5-32H,3-4H2,1-2H3. The van der Waals surface area contributed by atoms with Crippen molar-refractivity contribution in [2.24, 2.45) is 0 Å². The van der Waals surface area contributed by atoms with E-state index in [1.54, 1.807) is 12.4 Å². The molecule has 53 heavy (non-hydrogen) atoms. The molecule has 0 radical (unpaired) electrons. The third-order valence-corrected chi connectivity index (χ3v) is 10.1. The largest absolute Gasteiger partial charge is 0.253 e. The van der Waals surface area contributed by atoms with Crippen LogP contribution in [0.25, 0.3) is 68.1 Å². The van der Waals surface area contributed by atoms with E-state index >= 15 is 0 Å². The van der Waals surface area contributed by atoms with E-state index in [0.717, 1.165) is 69.3 Å². The maximum Gasteiger partial charge on any atom is 0.179 e. The van der Waals surface area contributed by atoms with Crippen molar-refractivity contribution in [3.8, 4) is 68.1 Å². The Bertz CT molecular complexity index is 2140. The smallest absolute Gasteiger partial charge is 0.179 e. The predicted molar refractivity (Wildman–Crippen MR) is 214 cm³/mol. The SMILES string of the molecule is CCC(CC)(c1ccc(-c2cc(-c3ccccc3)nc(-c3ccccn3)n2)cc1)c1ccc(-c2cc(-c3ccccc3)nc(-c3ccccn3)n2)cc1. The Morgan fingerprint density at radius 2 is 0.698 bits per heavy atom. The van der Waals surface area contributed by atoms with Gasteiger partial charge in [-0.3, -0.25) is 9.97 Å². The van der Waals surface area contributed by atoms with Gasteiger partial charge < -0.3 is 0 Å². The first kappa shape index (κ1) is 33.5. The highest BCUT2D eigenvalue weighted by Gasteiger charge is 2.31. The lowest BCUT2D eigenvalue weighted by Gasteiger charge is -2.33. The van der Waals surface area contributed by atoms with Crippen LogP contribution >= 0.6 is 0 Å². The van der Waals surface area contributed by atoms with Gasteiger partial charge in [0.2, 0.25) is 0 Å². The second kappa shape index (κ2) is 14.9. The Morgan fingerprint density at radius 1 is 0.358 bits per heavy atom. The molecule has 0 atom stereocenters. The van der Waals surface area contributed by atoms with Crippen molar-refractivity contribution in [3.05, 3.63) is 181 Å². The molecule has 8 rings (SSSR count). The molecular formula is C47H38N6. The molecule has 0 unspecified atom stereocenters. The van der Waals surface area contributed by atoms with Crippen molar-refractivity contribution in [2.45, 2.75) is 32.1 Å². The Balaban J connectivity index is 1.14. The van der Waals surface area contributed by atoms with Gasteiger partial charge in [-0.1, -0.05) is 135 Å². The van der Waals surface area contributed by atoms with Gasteiger partial charge in [-0.05, 0) is 60.4 Å². The van der Waals surface area contributed by atoms with E-state index in [4.69, 9.17) is 19.9 Å². The summed E-state index contributed by atoms with van der Waals surface area (Å²) in [7, 11) is 0. The zero-order valence-corrected chi connectivity index (χ0v) is 29.8. The first-order valence-corrected chi connectivity index (χ1v) is 18.1. The quantitative estimate of drug-likeness (QED) is 0.142. The number of nitrogens with zero attached hydrogens (tertiary/aromatic N) is 6. The van der Waals surface area contributed by atoms with Crippen molar-refractivity contribution in [1.82, 2.24) is 29.9 Å². The molecule has 0 spiro atoms. The molecule has 0 aliphatic heterocycles. The Labute approximate surface area is 310 Å². The van der Waals surface area contributed by atoms with E-state index in [0.29, 0.717) is 11.6 Å². The summed E-state index contributed by atoms with van der Waals surface area (Å²) in [5.74, 6) is 1.21. The highest BCUT2D eigenvalue weighted by molar-refractivity contribution is 5.73. The summed E-state index contributed by atoms with van der Waals surface area (Å²) in [6, 6.07) is 54.0. The van der Waals surface area contributed by atoms with Crippen LogP contribution in [0.5, 0.6) is 0 Å². The molecule has 0 N–H and O–H groups in total. The Kier molecular flexibility index (Phi) is 9.41. The van der Waals surface area contributed by atoms with Crippen LogP contribution in [0.1, 0.15) is 37.8 Å². The Morgan fingerprint density at radius 3 is 1.02 bits per heavy atom. The van der Waals surface area contributed by atoms with E-state index in [1.807, 2.05) is 72.8 Å². The molecular weight excluding hydrogens is 649 g/mol. The molecule has 0 aliphatic rings. The summed E-state index contributed by atoms with van der Waals surface area (Å²) in [5, 5.41) is 0. The van der Waals surface area contributed by atoms with Gasteiger partial charge in [0, 0.05) is 40.1 Å². The minimum atomic E-state index is -0.170. The number of hydrogen-bond acceptors (Lipinski definition) is 6. The molecule has 4 aromatic heterocycles. The van der Waals surface area contributed by atoms with E-state index in [9.17, 15) is 0 Å². The van der Waals surface area contributed by atoms with Gasteiger partial charge >= 0.3 is 0 Å². The van der Waals surface area contributed by atoms with Gasteiger partial charge in [0.05, 0.1) is 22.8 Å². The van der Waals surface area contributed by atoms with Crippen LogP contribution in [0.15, 0.2) is 170 Å². The fraction of sp³-hybridized carbons (Fsp3) is 0.106. The number of aromatic nitrogens is 6. The van der Waals surface area contributed by atoms with Crippen molar-refractivity contribution in [1.29, 1.82) is 0 Å². The number of rotatable bonds is 10. The first-order valence-electron chi connectivity index (χ1n) is 18.1. The molecule has 0 saturated heterocycles. The lowest BCUT2D eigenvalue weighted by atomic mass is 9.70. The summed E-state index contributed by atoms with van der Waals surface area (Å²) < 4.78 is 0. The van der Waals surface area contributed by atoms with Crippen molar-refractivity contribution < 1.29 is 0 Å². The third kappa shape index (κ3) is 6.87. The molecule has 0 amide bonds. The number of hydrogen-bond donors (Lipinski definition) is 0. The van der Waals surface area contributed by atoms with Gasteiger partial charge in [-0.25, -0.2) is 19.9 Å². The van der Waals surface area contributed by atoms with Gasteiger partial charge in [0.1, 0.15) is 11.4 Å². The summed E-state index contributed by atoms with van der Waals surface area (Å²) in [4.78, 5) is 28.9. The number of pyridine rings is 2. The second-order valence-electron chi connectivity index (χ2n) is 13.0. The van der Waals surface area contributed by atoms with Gasteiger partial charge in [0.25, 0.3) is 0 Å². The van der Waals surface area contributed by atoms with Crippen LogP contribution in [-0.4, -0.2) is 29.9 Å². The second-order valence-corrected chi connectivity index (χ2v) is 13.0. The first-order chi connectivity index (χ1) is 26.1. The van der Waals surface area contributed by atoms with Gasteiger partial charge in [0.15, 0.2) is 11.6 Å². The van der Waals surface area contributed by atoms with Gasteiger partial charge in [-0.2, -0.15) is 0 Å². The highest BCUT2D eigenvalue weighted by atomic mass is 14.9. The van der Waals surface area contributed by atoms with E-state index in [2.05, 4.69) is 109 Å². The van der Waals surface area contributed by atoms with Crippen LogP contribution in [0.4, 0.5) is 0 Å². The van der Waals surface area contributed by atoms with Crippen LogP contribution in [0, 0.1) is 0 Å². The van der Waals surface area contributed by atoms with E-state index in [-0.39, 0.29) is 5.41 Å². The maximum absolute atomic E-state index is 4.99. The lowest BCUT2D eigenvalue weighted by Crippen LogP contribution is -2.26. The number of benzene rings is 4. The van der Waals surface area contributed by atoms with Crippen LogP contribution < -0.4 is 0 Å². The van der Waals surface area contributed by atoms with Crippen molar-refractivity contribution in [2.75, 3.05) is 0 Å². The molecule has 0 bridgehead atoms. The molecule has 6 heteroatoms. The molecule has 0 saturated carbocycles. The molecule has 256 valence electrons. The fourth-order valence-corrected chi connectivity index (χ4v) is 7.08. The summed E-state index contributed by atoms with van der Waals surface area (Å²) in [6.07, 6.45) is 5.46. The molecule has 4 heterocycles. The van der Waals surface area contributed by atoms with E-state index in [1.165, 1.54) is 11.1 Å². The lowest BCUT2D eigenvalue weighted by molar-refractivity contribution is 0.478. The minimum Gasteiger partial charge on any atom is -0.253 e. The fourth-order valence-electron chi connectivity index (χ4n) is 7.08. The zero-order valence-electron chi connectivity index (χ0n) is 29.8. The van der Waals surface area contributed by atoms with Crippen LogP contribution in [0.3, 0.4) is 0 Å². The topological polar surface area (TPSA) is 77.3 Å². The molecule has 0 aliphatic carbocycles. The zero-order chi connectivity index (χ0) is 36.0.